The van der Waals surface area contributed by atoms with E-state index >= 15 is 0 Å². The van der Waals surface area contributed by atoms with Gasteiger partial charge in [-0.15, -0.1) is 0 Å². The van der Waals surface area contributed by atoms with E-state index in [0.717, 1.165) is 37.4 Å². The molecule has 2 aliphatic rings. The Balaban J connectivity index is 1.68. The molecule has 1 unspecified atom stereocenters. The summed E-state index contributed by atoms with van der Waals surface area (Å²) in [4.78, 5) is 13.1. The van der Waals surface area contributed by atoms with Crippen LogP contribution < -0.4 is 0 Å². The fourth-order valence-corrected chi connectivity index (χ4v) is 2.54. The third-order valence-corrected chi connectivity index (χ3v) is 3.90. The number of carboxylic acid groups (broad SMARTS) is 1. The van der Waals surface area contributed by atoms with Crippen molar-refractivity contribution in [3.05, 3.63) is 0 Å². The van der Waals surface area contributed by atoms with Crippen LogP contribution >= 0.6 is 0 Å². The van der Waals surface area contributed by atoms with E-state index in [-0.39, 0.29) is 0 Å². The number of hydrogen-bond donors (Lipinski definition) is 1. The molecule has 0 spiro atoms. The Hall–Kier alpha value is -0.570. The minimum absolute atomic E-state index is 0.330. The Morgan fingerprint density at radius 3 is 2.50 bits per heavy atom. The van der Waals surface area contributed by atoms with Gasteiger partial charge in [0.2, 0.25) is 0 Å². The van der Waals surface area contributed by atoms with Crippen LogP contribution in [-0.4, -0.2) is 34.6 Å². The predicted molar refractivity (Wildman–Crippen MR) is 63.4 cm³/mol. The van der Waals surface area contributed by atoms with E-state index in [1.54, 1.807) is 0 Å². The summed E-state index contributed by atoms with van der Waals surface area (Å²) in [6, 6.07) is 1.55. The third kappa shape index (κ3) is 3.48. The van der Waals surface area contributed by atoms with E-state index in [2.05, 4.69) is 11.8 Å². The normalized spacial score (nSPS) is 22.4. The summed E-state index contributed by atoms with van der Waals surface area (Å²) in [5.41, 5.74) is 0. The Morgan fingerprint density at radius 2 is 2.00 bits per heavy atom. The van der Waals surface area contributed by atoms with Gasteiger partial charge in [-0.05, 0) is 57.9 Å². The van der Waals surface area contributed by atoms with E-state index in [1.807, 2.05) is 0 Å². The highest BCUT2D eigenvalue weighted by Crippen LogP contribution is 2.39. The van der Waals surface area contributed by atoms with Gasteiger partial charge in [0.25, 0.3) is 0 Å². The molecule has 1 N–H and O–H groups in total. The van der Waals surface area contributed by atoms with Crippen molar-refractivity contribution >= 4 is 5.97 Å². The second-order valence-corrected chi connectivity index (χ2v) is 5.40. The first kappa shape index (κ1) is 11.9. The minimum atomic E-state index is -0.659. The lowest BCUT2D eigenvalue weighted by atomic mass is 10.1. The van der Waals surface area contributed by atoms with Crippen LogP contribution in [0.25, 0.3) is 0 Å². The molecule has 3 heteroatoms. The first-order chi connectivity index (χ1) is 7.68. The Bertz CT molecular complexity index is 246. The minimum Gasteiger partial charge on any atom is -0.481 e. The molecule has 2 saturated carbocycles. The first-order valence-corrected chi connectivity index (χ1v) is 6.66. The standard InChI is InChI=1S/C13H23NO2/c1-10(11-5-6-11)14(12-7-8-12)9-3-2-4-13(15)16/h10-12H,2-9H2,1H3,(H,15,16). The molecule has 0 bridgehead atoms. The van der Waals surface area contributed by atoms with Crippen LogP contribution in [0.2, 0.25) is 0 Å². The molecule has 0 aliphatic heterocycles. The molecular weight excluding hydrogens is 202 g/mol. The Kier molecular flexibility index (Phi) is 3.85. The van der Waals surface area contributed by atoms with Crippen molar-refractivity contribution in [2.75, 3.05) is 6.54 Å². The van der Waals surface area contributed by atoms with Crippen molar-refractivity contribution in [1.82, 2.24) is 4.90 Å². The van der Waals surface area contributed by atoms with Gasteiger partial charge in [-0.3, -0.25) is 9.69 Å². The smallest absolute Gasteiger partial charge is 0.303 e. The highest BCUT2D eigenvalue weighted by atomic mass is 16.4. The van der Waals surface area contributed by atoms with Gasteiger partial charge in [-0.25, -0.2) is 0 Å². The highest BCUT2D eigenvalue weighted by Gasteiger charge is 2.38. The molecule has 1 atom stereocenters. The fourth-order valence-electron chi connectivity index (χ4n) is 2.54. The number of rotatable bonds is 8. The fraction of sp³-hybridized carbons (Fsp3) is 0.923. The van der Waals surface area contributed by atoms with Crippen LogP contribution in [0.15, 0.2) is 0 Å². The molecule has 92 valence electrons. The molecule has 2 fully saturated rings. The lowest BCUT2D eigenvalue weighted by molar-refractivity contribution is -0.137. The van der Waals surface area contributed by atoms with Crippen LogP contribution in [0.3, 0.4) is 0 Å². The van der Waals surface area contributed by atoms with Gasteiger partial charge in [0, 0.05) is 18.5 Å². The zero-order chi connectivity index (χ0) is 11.5. The van der Waals surface area contributed by atoms with Crippen molar-refractivity contribution in [2.45, 2.75) is 64.0 Å². The molecule has 2 rings (SSSR count). The van der Waals surface area contributed by atoms with Crippen LogP contribution in [0, 0.1) is 5.92 Å². The molecule has 0 saturated heterocycles. The largest absolute Gasteiger partial charge is 0.481 e. The van der Waals surface area contributed by atoms with Gasteiger partial charge < -0.3 is 5.11 Å². The van der Waals surface area contributed by atoms with Crippen molar-refractivity contribution in [2.24, 2.45) is 5.92 Å². The van der Waals surface area contributed by atoms with E-state index in [4.69, 9.17) is 5.11 Å². The monoisotopic (exact) mass is 225 g/mol. The average Bonchev–Trinajstić information content (AvgIpc) is 3.07. The van der Waals surface area contributed by atoms with E-state index < -0.39 is 5.97 Å². The third-order valence-electron chi connectivity index (χ3n) is 3.90. The summed E-state index contributed by atoms with van der Waals surface area (Å²) >= 11 is 0. The number of aliphatic carboxylic acids is 1. The number of carbonyl (C=O) groups is 1. The van der Waals surface area contributed by atoms with E-state index in [0.29, 0.717) is 6.42 Å². The second-order valence-electron chi connectivity index (χ2n) is 5.40. The number of hydrogen-bond acceptors (Lipinski definition) is 2. The maximum absolute atomic E-state index is 10.4. The molecule has 0 radical (unpaired) electrons. The maximum Gasteiger partial charge on any atom is 0.303 e. The van der Waals surface area contributed by atoms with Gasteiger partial charge in [0.05, 0.1) is 0 Å². The zero-order valence-electron chi connectivity index (χ0n) is 10.2. The van der Waals surface area contributed by atoms with Gasteiger partial charge in [-0.2, -0.15) is 0 Å². The van der Waals surface area contributed by atoms with Crippen LogP contribution in [0.1, 0.15) is 51.9 Å². The van der Waals surface area contributed by atoms with Crippen molar-refractivity contribution in [3.8, 4) is 0 Å². The summed E-state index contributed by atoms with van der Waals surface area (Å²) in [6.07, 6.45) is 7.72. The molecule has 0 aromatic carbocycles. The second kappa shape index (κ2) is 5.17. The molecule has 2 aliphatic carbocycles. The summed E-state index contributed by atoms with van der Waals surface area (Å²) in [7, 11) is 0. The molecule has 0 aromatic rings. The SMILES string of the molecule is CC(C1CC1)N(CCCCC(=O)O)C1CC1. The summed E-state index contributed by atoms with van der Waals surface area (Å²) < 4.78 is 0. The molecule has 0 heterocycles. The number of carboxylic acids is 1. The maximum atomic E-state index is 10.4. The van der Waals surface area contributed by atoms with Gasteiger partial charge in [0.15, 0.2) is 0 Å². The van der Waals surface area contributed by atoms with Crippen LogP contribution in [-0.2, 0) is 4.79 Å². The van der Waals surface area contributed by atoms with E-state index in [9.17, 15) is 4.79 Å². The highest BCUT2D eigenvalue weighted by molar-refractivity contribution is 5.66. The van der Waals surface area contributed by atoms with Gasteiger partial charge in [-0.1, -0.05) is 0 Å². The zero-order valence-corrected chi connectivity index (χ0v) is 10.2. The van der Waals surface area contributed by atoms with Crippen molar-refractivity contribution in [1.29, 1.82) is 0 Å². The molecule has 3 nitrogen and oxygen atoms in total. The molecule has 16 heavy (non-hydrogen) atoms. The summed E-state index contributed by atoms with van der Waals surface area (Å²) in [6.45, 7) is 3.46. The summed E-state index contributed by atoms with van der Waals surface area (Å²) in [5, 5.41) is 8.59. The van der Waals surface area contributed by atoms with Crippen LogP contribution in [0.4, 0.5) is 0 Å². The first-order valence-electron chi connectivity index (χ1n) is 6.66. The quantitative estimate of drug-likeness (QED) is 0.645. The average molecular weight is 225 g/mol. The van der Waals surface area contributed by atoms with Crippen molar-refractivity contribution < 1.29 is 9.90 Å². The number of unbranched alkanes of at least 4 members (excludes halogenated alkanes) is 1. The summed E-state index contributed by atoms with van der Waals surface area (Å²) in [5.74, 6) is 0.272. The van der Waals surface area contributed by atoms with Crippen molar-refractivity contribution in [3.63, 3.8) is 0 Å². The van der Waals surface area contributed by atoms with Gasteiger partial charge >= 0.3 is 5.97 Å². The Labute approximate surface area is 97.8 Å². The van der Waals surface area contributed by atoms with Gasteiger partial charge in [0.1, 0.15) is 0 Å². The lowest BCUT2D eigenvalue weighted by Crippen LogP contribution is -2.37. The Morgan fingerprint density at radius 1 is 1.31 bits per heavy atom. The van der Waals surface area contributed by atoms with Crippen LogP contribution in [0.5, 0.6) is 0 Å². The molecule has 0 aromatic heterocycles. The molecule has 0 amide bonds. The van der Waals surface area contributed by atoms with E-state index in [1.165, 1.54) is 25.7 Å². The topological polar surface area (TPSA) is 40.5 Å². The lowest BCUT2D eigenvalue weighted by Gasteiger charge is -2.29. The molecular formula is C13H23NO2. The number of nitrogens with zero attached hydrogens (tertiary/aromatic N) is 1. The predicted octanol–water partition coefficient (Wildman–Crippen LogP) is 2.50.